The Balaban J connectivity index is 2.33. The van der Waals surface area contributed by atoms with E-state index in [2.05, 4.69) is 11.7 Å². The minimum Gasteiger partial charge on any atom is -0.491 e. The van der Waals surface area contributed by atoms with Crippen molar-refractivity contribution in [3.63, 3.8) is 0 Å². The zero-order valence-electron chi connectivity index (χ0n) is 10.3. The molecule has 94 valence electrons. The van der Waals surface area contributed by atoms with Crippen LogP contribution in [0.1, 0.15) is 23.7 Å². The van der Waals surface area contributed by atoms with Crippen molar-refractivity contribution in [2.75, 3.05) is 26.9 Å². The van der Waals surface area contributed by atoms with E-state index in [1.807, 2.05) is 0 Å². The topological polar surface area (TPSA) is 44.8 Å². The number of carbonyl (C=O) groups is 1. The average Bonchev–Trinajstić information content (AvgIpc) is 2.38. The van der Waals surface area contributed by atoms with Crippen molar-refractivity contribution in [1.29, 1.82) is 0 Å². The van der Waals surface area contributed by atoms with Gasteiger partial charge in [-0.15, -0.1) is 0 Å². The lowest BCUT2D eigenvalue weighted by Gasteiger charge is -2.07. The normalized spacial score (nSPS) is 10.0. The zero-order chi connectivity index (χ0) is 12.5. The Morgan fingerprint density at radius 3 is 2.41 bits per heavy atom. The number of esters is 1. The van der Waals surface area contributed by atoms with Crippen LogP contribution in [0.2, 0.25) is 0 Å². The highest BCUT2D eigenvalue weighted by molar-refractivity contribution is 5.89. The Labute approximate surface area is 101 Å². The predicted octanol–water partition coefficient (Wildman–Crippen LogP) is 2.28. The summed E-state index contributed by atoms with van der Waals surface area (Å²) in [6, 6.07) is 6.83. The van der Waals surface area contributed by atoms with Crippen LogP contribution in [-0.2, 0) is 9.47 Å². The fraction of sp³-hybridized carbons (Fsp3) is 0.462. The Hall–Kier alpha value is -1.55. The van der Waals surface area contributed by atoms with Gasteiger partial charge in [0.05, 0.1) is 19.3 Å². The molecule has 0 aromatic heterocycles. The van der Waals surface area contributed by atoms with Gasteiger partial charge in [0.2, 0.25) is 0 Å². The second-order valence-electron chi connectivity index (χ2n) is 3.48. The van der Waals surface area contributed by atoms with Crippen molar-refractivity contribution < 1.29 is 19.0 Å². The lowest BCUT2D eigenvalue weighted by atomic mass is 10.2. The molecule has 0 aliphatic carbocycles. The van der Waals surface area contributed by atoms with Crippen LogP contribution in [0.5, 0.6) is 5.75 Å². The van der Waals surface area contributed by atoms with E-state index in [0.717, 1.165) is 18.8 Å². The molecule has 1 rings (SSSR count). The lowest BCUT2D eigenvalue weighted by molar-refractivity contribution is 0.0600. The van der Waals surface area contributed by atoms with Crippen LogP contribution in [0.25, 0.3) is 0 Å². The first-order valence-corrected chi connectivity index (χ1v) is 5.67. The van der Waals surface area contributed by atoms with E-state index in [0.29, 0.717) is 18.8 Å². The smallest absolute Gasteiger partial charge is 0.337 e. The summed E-state index contributed by atoms with van der Waals surface area (Å²) in [4.78, 5) is 11.2. The molecule has 0 heterocycles. The summed E-state index contributed by atoms with van der Waals surface area (Å²) in [5.41, 5.74) is 0.516. The summed E-state index contributed by atoms with van der Waals surface area (Å²) in [5, 5.41) is 0. The summed E-state index contributed by atoms with van der Waals surface area (Å²) in [7, 11) is 1.36. The summed E-state index contributed by atoms with van der Waals surface area (Å²) < 4.78 is 15.3. The van der Waals surface area contributed by atoms with Gasteiger partial charge in [-0.2, -0.15) is 0 Å². The number of benzene rings is 1. The Kier molecular flexibility index (Phi) is 6.10. The first kappa shape index (κ1) is 13.5. The maximum atomic E-state index is 11.2. The summed E-state index contributed by atoms with van der Waals surface area (Å²) >= 11 is 0. The SMILES string of the molecule is CCCOCCOc1ccc(C(=O)OC)cc1. The molecule has 0 unspecified atom stereocenters. The van der Waals surface area contributed by atoms with E-state index in [4.69, 9.17) is 9.47 Å². The molecule has 0 saturated heterocycles. The van der Waals surface area contributed by atoms with Gasteiger partial charge < -0.3 is 14.2 Å². The van der Waals surface area contributed by atoms with Gasteiger partial charge in [0.1, 0.15) is 12.4 Å². The number of carbonyl (C=O) groups excluding carboxylic acids is 1. The molecule has 0 radical (unpaired) electrons. The first-order valence-electron chi connectivity index (χ1n) is 5.67. The lowest BCUT2D eigenvalue weighted by Crippen LogP contribution is -2.07. The second kappa shape index (κ2) is 7.68. The molecule has 1 aromatic carbocycles. The van der Waals surface area contributed by atoms with Crippen LogP contribution in [0, 0.1) is 0 Å². The maximum absolute atomic E-state index is 11.2. The molecule has 17 heavy (non-hydrogen) atoms. The average molecular weight is 238 g/mol. The molecule has 0 aliphatic heterocycles. The quantitative estimate of drug-likeness (QED) is 0.540. The van der Waals surface area contributed by atoms with E-state index < -0.39 is 0 Å². The highest BCUT2D eigenvalue weighted by Crippen LogP contribution is 2.12. The van der Waals surface area contributed by atoms with E-state index in [1.165, 1.54) is 7.11 Å². The van der Waals surface area contributed by atoms with Crippen molar-refractivity contribution in [3.8, 4) is 5.75 Å². The Morgan fingerprint density at radius 1 is 1.12 bits per heavy atom. The molecule has 1 aromatic rings. The molecule has 0 N–H and O–H groups in total. The van der Waals surface area contributed by atoms with Crippen LogP contribution in [0.15, 0.2) is 24.3 Å². The summed E-state index contributed by atoms with van der Waals surface area (Å²) in [5.74, 6) is 0.376. The van der Waals surface area contributed by atoms with Crippen LogP contribution in [-0.4, -0.2) is 32.9 Å². The maximum Gasteiger partial charge on any atom is 0.337 e. The highest BCUT2D eigenvalue weighted by atomic mass is 16.5. The molecule has 0 atom stereocenters. The summed E-state index contributed by atoms with van der Waals surface area (Å²) in [6.07, 6.45) is 1.01. The molecule has 0 spiro atoms. The van der Waals surface area contributed by atoms with Crippen LogP contribution in [0.3, 0.4) is 0 Å². The van der Waals surface area contributed by atoms with E-state index in [9.17, 15) is 4.79 Å². The van der Waals surface area contributed by atoms with E-state index in [-0.39, 0.29) is 5.97 Å². The molecule has 4 heteroatoms. The van der Waals surface area contributed by atoms with Gasteiger partial charge in [-0.05, 0) is 30.7 Å². The van der Waals surface area contributed by atoms with Crippen molar-refractivity contribution in [3.05, 3.63) is 29.8 Å². The minimum absolute atomic E-state index is 0.345. The molecular weight excluding hydrogens is 220 g/mol. The largest absolute Gasteiger partial charge is 0.491 e. The molecular formula is C13H18O4. The number of rotatable bonds is 7. The Bertz CT molecular complexity index is 332. The molecule has 0 fully saturated rings. The van der Waals surface area contributed by atoms with Gasteiger partial charge in [0.15, 0.2) is 0 Å². The van der Waals surface area contributed by atoms with Crippen LogP contribution < -0.4 is 4.74 Å². The van der Waals surface area contributed by atoms with Crippen molar-refractivity contribution in [2.24, 2.45) is 0 Å². The van der Waals surface area contributed by atoms with Crippen molar-refractivity contribution in [1.82, 2.24) is 0 Å². The van der Waals surface area contributed by atoms with Gasteiger partial charge in [0.25, 0.3) is 0 Å². The second-order valence-corrected chi connectivity index (χ2v) is 3.48. The molecule has 4 nitrogen and oxygen atoms in total. The van der Waals surface area contributed by atoms with Gasteiger partial charge in [-0.3, -0.25) is 0 Å². The molecule has 0 saturated carbocycles. The number of hydrogen-bond donors (Lipinski definition) is 0. The predicted molar refractivity (Wildman–Crippen MR) is 64.4 cm³/mol. The van der Waals surface area contributed by atoms with E-state index in [1.54, 1.807) is 24.3 Å². The zero-order valence-corrected chi connectivity index (χ0v) is 10.3. The third kappa shape index (κ3) is 4.87. The van der Waals surface area contributed by atoms with Gasteiger partial charge >= 0.3 is 5.97 Å². The van der Waals surface area contributed by atoms with Crippen LogP contribution >= 0.6 is 0 Å². The number of hydrogen-bond acceptors (Lipinski definition) is 4. The molecule has 0 amide bonds. The minimum atomic E-state index is -0.345. The summed E-state index contributed by atoms with van der Waals surface area (Å²) in [6.45, 7) is 3.90. The van der Waals surface area contributed by atoms with Crippen molar-refractivity contribution >= 4 is 5.97 Å². The third-order valence-corrected chi connectivity index (χ3v) is 2.12. The Morgan fingerprint density at radius 2 is 1.82 bits per heavy atom. The van der Waals surface area contributed by atoms with E-state index >= 15 is 0 Å². The number of ether oxygens (including phenoxy) is 3. The van der Waals surface area contributed by atoms with Crippen LogP contribution in [0.4, 0.5) is 0 Å². The highest BCUT2D eigenvalue weighted by Gasteiger charge is 2.04. The van der Waals surface area contributed by atoms with Gasteiger partial charge in [-0.25, -0.2) is 4.79 Å². The number of methoxy groups -OCH3 is 1. The third-order valence-electron chi connectivity index (χ3n) is 2.12. The fourth-order valence-corrected chi connectivity index (χ4v) is 1.27. The van der Waals surface area contributed by atoms with Gasteiger partial charge in [0, 0.05) is 6.61 Å². The van der Waals surface area contributed by atoms with Crippen molar-refractivity contribution in [2.45, 2.75) is 13.3 Å². The van der Waals surface area contributed by atoms with Gasteiger partial charge in [-0.1, -0.05) is 6.92 Å². The fourth-order valence-electron chi connectivity index (χ4n) is 1.27. The standard InChI is InChI=1S/C13H18O4/c1-3-8-16-9-10-17-12-6-4-11(5-7-12)13(14)15-2/h4-7H,3,8-10H2,1-2H3. The molecule has 0 aliphatic rings. The first-order chi connectivity index (χ1) is 8.27. The monoisotopic (exact) mass is 238 g/mol. The molecule has 0 bridgehead atoms.